The lowest BCUT2D eigenvalue weighted by molar-refractivity contribution is 1.31. The molecule has 0 amide bonds. The third-order valence-corrected chi connectivity index (χ3v) is 1.76. The zero-order valence-corrected chi connectivity index (χ0v) is 8.74. The van der Waals surface area contributed by atoms with Gasteiger partial charge in [-0.15, -0.1) is 11.3 Å². The molecule has 0 radical (unpaired) electrons. The van der Waals surface area contributed by atoms with Crippen LogP contribution in [-0.4, -0.2) is 4.98 Å². The number of hydrogen-bond donors (Lipinski definition) is 0. The number of allylic oxidation sites excluding steroid dienone is 1. The van der Waals surface area contributed by atoms with Gasteiger partial charge in [-0.1, -0.05) is 32.6 Å². The predicted octanol–water partition coefficient (Wildman–Crippen LogP) is 1.94. The summed E-state index contributed by atoms with van der Waals surface area (Å²) in [5, 5.41) is 0.942. The van der Waals surface area contributed by atoms with Crippen molar-refractivity contribution in [2.24, 2.45) is 0 Å². The van der Waals surface area contributed by atoms with Crippen molar-refractivity contribution in [1.29, 1.82) is 0 Å². The molecule has 0 atom stereocenters. The molecule has 1 heterocycles. The molecule has 0 aliphatic rings. The highest BCUT2D eigenvalue weighted by Gasteiger charge is 1.83. The first-order valence-electron chi connectivity index (χ1n) is 3.96. The van der Waals surface area contributed by atoms with E-state index < -0.39 is 0 Å². The molecule has 0 aliphatic heterocycles. The van der Waals surface area contributed by atoms with Crippen LogP contribution >= 0.6 is 11.3 Å². The van der Waals surface area contributed by atoms with Crippen molar-refractivity contribution in [3.05, 3.63) is 27.5 Å². The Balaban J connectivity index is 0.000000561. The van der Waals surface area contributed by atoms with Crippen LogP contribution in [0, 0.1) is 0 Å². The maximum absolute atomic E-state index is 4.10. The van der Waals surface area contributed by atoms with E-state index in [0.29, 0.717) is 0 Å². The van der Waals surface area contributed by atoms with Gasteiger partial charge in [-0.25, -0.2) is 4.98 Å². The largest absolute Gasteiger partial charge is 0.245 e. The summed E-state index contributed by atoms with van der Waals surface area (Å²) in [7, 11) is 0. The van der Waals surface area contributed by atoms with Crippen molar-refractivity contribution in [3.63, 3.8) is 0 Å². The molecule has 0 saturated carbocycles. The second kappa shape index (κ2) is 5.72. The second-order valence-corrected chi connectivity index (χ2v) is 3.09. The van der Waals surface area contributed by atoms with E-state index in [4.69, 9.17) is 0 Å². The standard InChI is InChI=1S/C8H9NS.C2H6/c1-6(2)4-8-7(3)10-5-9-8;1-2/h4-5H,1,3H2,2H3;1-2H3/b8-4+;. The lowest BCUT2D eigenvalue weighted by Gasteiger charge is -1.79. The average molecular weight is 181 g/mol. The van der Waals surface area contributed by atoms with E-state index in [0.717, 1.165) is 15.5 Å². The smallest absolute Gasteiger partial charge is 0.0808 e. The fourth-order valence-corrected chi connectivity index (χ4v) is 1.16. The molecule has 66 valence electrons. The van der Waals surface area contributed by atoms with Gasteiger partial charge in [-0.3, -0.25) is 0 Å². The predicted molar refractivity (Wildman–Crippen MR) is 57.5 cm³/mol. The summed E-state index contributed by atoms with van der Waals surface area (Å²) in [5.74, 6) is 0. The SMILES string of the molecule is C=C(C)/C=c1/ncsc1=C.CC. The van der Waals surface area contributed by atoms with Crippen molar-refractivity contribution in [1.82, 2.24) is 4.98 Å². The van der Waals surface area contributed by atoms with Gasteiger partial charge >= 0.3 is 0 Å². The number of aromatic nitrogens is 1. The molecular formula is C10H15NS. The number of thiazole rings is 1. The number of rotatable bonds is 1. The first kappa shape index (κ1) is 11.1. The number of hydrogen-bond acceptors (Lipinski definition) is 2. The Kier molecular flexibility index (Phi) is 5.30. The van der Waals surface area contributed by atoms with E-state index >= 15 is 0 Å². The highest BCUT2D eigenvalue weighted by molar-refractivity contribution is 7.07. The Morgan fingerprint density at radius 3 is 2.50 bits per heavy atom. The van der Waals surface area contributed by atoms with Crippen molar-refractivity contribution >= 4 is 24.0 Å². The highest BCUT2D eigenvalue weighted by atomic mass is 32.1. The van der Waals surface area contributed by atoms with E-state index in [1.54, 1.807) is 16.8 Å². The van der Waals surface area contributed by atoms with Crippen molar-refractivity contribution < 1.29 is 0 Å². The maximum Gasteiger partial charge on any atom is 0.0808 e. The van der Waals surface area contributed by atoms with Crippen LogP contribution in [0.2, 0.25) is 0 Å². The zero-order valence-electron chi connectivity index (χ0n) is 7.92. The van der Waals surface area contributed by atoms with Gasteiger partial charge in [-0.2, -0.15) is 0 Å². The first-order chi connectivity index (χ1) is 5.70. The quantitative estimate of drug-likeness (QED) is 0.645. The minimum atomic E-state index is 0.942. The van der Waals surface area contributed by atoms with Crippen LogP contribution in [0.3, 0.4) is 0 Å². The van der Waals surface area contributed by atoms with Crippen LogP contribution in [0.15, 0.2) is 17.7 Å². The Labute approximate surface area is 77.8 Å². The molecule has 1 rings (SSSR count). The van der Waals surface area contributed by atoms with Gasteiger partial charge in [0, 0.05) is 4.53 Å². The Morgan fingerprint density at radius 1 is 1.58 bits per heavy atom. The minimum Gasteiger partial charge on any atom is -0.245 e. The van der Waals surface area contributed by atoms with E-state index in [1.807, 2.05) is 26.8 Å². The van der Waals surface area contributed by atoms with Gasteiger partial charge in [0.2, 0.25) is 0 Å². The molecule has 0 spiro atoms. The van der Waals surface area contributed by atoms with E-state index in [1.165, 1.54) is 0 Å². The molecule has 0 unspecified atom stereocenters. The van der Waals surface area contributed by atoms with Crippen LogP contribution in [0.4, 0.5) is 0 Å². The van der Waals surface area contributed by atoms with Gasteiger partial charge < -0.3 is 0 Å². The van der Waals surface area contributed by atoms with Gasteiger partial charge in [0.15, 0.2) is 0 Å². The van der Waals surface area contributed by atoms with E-state index in [-0.39, 0.29) is 0 Å². The first-order valence-corrected chi connectivity index (χ1v) is 4.84. The van der Waals surface area contributed by atoms with Crippen LogP contribution in [-0.2, 0) is 0 Å². The molecule has 0 bridgehead atoms. The van der Waals surface area contributed by atoms with E-state index in [2.05, 4.69) is 18.1 Å². The Hall–Kier alpha value is -0.890. The summed E-state index contributed by atoms with van der Waals surface area (Å²) in [5.41, 5.74) is 2.80. The van der Waals surface area contributed by atoms with Gasteiger partial charge in [0.05, 0.1) is 10.9 Å². The number of nitrogens with zero attached hydrogens (tertiary/aromatic N) is 1. The molecule has 1 aromatic rings. The molecule has 1 aromatic heterocycles. The molecular weight excluding hydrogens is 166 g/mol. The summed E-state index contributed by atoms with van der Waals surface area (Å²) in [6.45, 7) is 13.5. The van der Waals surface area contributed by atoms with Crippen molar-refractivity contribution in [2.75, 3.05) is 0 Å². The van der Waals surface area contributed by atoms with Gasteiger partial charge in [-0.05, 0) is 13.0 Å². The Morgan fingerprint density at radius 2 is 2.17 bits per heavy atom. The van der Waals surface area contributed by atoms with Crippen molar-refractivity contribution in [2.45, 2.75) is 20.8 Å². The Bertz CT molecular complexity index is 335. The van der Waals surface area contributed by atoms with Gasteiger partial charge in [0.1, 0.15) is 0 Å². The summed E-state index contributed by atoms with van der Waals surface area (Å²) in [4.78, 5) is 4.10. The molecule has 0 N–H and O–H groups in total. The maximum atomic E-state index is 4.10. The van der Waals surface area contributed by atoms with Crippen LogP contribution in [0.25, 0.3) is 12.7 Å². The van der Waals surface area contributed by atoms with E-state index in [9.17, 15) is 0 Å². The normalized spacial score (nSPS) is 10.4. The lowest BCUT2D eigenvalue weighted by Crippen LogP contribution is -2.18. The molecule has 0 aromatic carbocycles. The zero-order chi connectivity index (χ0) is 9.56. The summed E-state index contributed by atoms with van der Waals surface area (Å²) in [6.07, 6.45) is 1.93. The fourth-order valence-electron chi connectivity index (χ4n) is 0.630. The average Bonchev–Trinajstić information content (AvgIpc) is 2.40. The highest BCUT2D eigenvalue weighted by Crippen LogP contribution is 1.85. The third-order valence-electron chi connectivity index (χ3n) is 1.06. The summed E-state index contributed by atoms with van der Waals surface area (Å²) in [6, 6.07) is 0. The minimum absolute atomic E-state index is 0.942. The second-order valence-electron chi connectivity index (χ2n) is 2.15. The topological polar surface area (TPSA) is 12.9 Å². The van der Waals surface area contributed by atoms with Gasteiger partial charge in [0.25, 0.3) is 0 Å². The molecule has 0 fully saturated rings. The molecule has 0 saturated heterocycles. The van der Waals surface area contributed by atoms with Crippen LogP contribution in [0.5, 0.6) is 0 Å². The molecule has 12 heavy (non-hydrogen) atoms. The molecule has 1 nitrogen and oxygen atoms in total. The van der Waals surface area contributed by atoms with Crippen LogP contribution < -0.4 is 9.88 Å². The third kappa shape index (κ3) is 3.49. The van der Waals surface area contributed by atoms with Crippen molar-refractivity contribution in [3.8, 4) is 0 Å². The summed E-state index contributed by atoms with van der Waals surface area (Å²) >= 11 is 1.55. The monoisotopic (exact) mass is 181 g/mol. The summed E-state index contributed by atoms with van der Waals surface area (Å²) < 4.78 is 1.00. The fraction of sp³-hybridized carbons (Fsp3) is 0.300. The lowest BCUT2D eigenvalue weighted by atomic mass is 10.3. The molecule has 0 aliphatic carbocycles. The molecule has 2 heteroatoms. The van der Waals surface area contributed by atoms with Crippen LogP contribution in [0.1, 0.15) is 20.8 Å².